The first-order valence-corrected chi connectivity index (χ1v) is 9.93. The fourth-order valence-corrected chi connectivity index (χ4v) is 3.94. The SMILES string of the molecule is CCc1nccn1CC(=O)N1CCC[C@@H](c2nccn2Cc2ccccn2)C1. The van der Waals surface area contributed by atoms with E-state index in [1.807, 2.05) is 52.5 Å². The molecule has 0 aromatic carbocycles. The Morgan fingerprint density at radius 1 is 1.11 bits per heavy atom. The molecule has 4 rings (SSSR count). The number of carbonyl (C=O) groups is 1. The molecule has 4 heterocycles. The van der Waals surface area contributed by atoms with Gasteiger partial charge in [-0.25, -0.2) is 9.97 Å². The van der Waals surface area contributed by atoms with Crippen molar-refractivity contribution in [1.29, 1.82) is 0 Å². The van der Waals surface area contributed by atoms with Crippen LogP contribution in [0.4, 0.5) is 0 Å². The quantitative estimate of drug-likeness (QED) is 0.661. The lowest BCUT2D eigenvalue weighted by molar-refractivity contribution is -0.133. The Kier molecular flexibility index (Phi) is 5.50. The highest BCUT2D eigenvalue weighted by Crippen LogP contribution is 2.26. The molecule has 3 aromatic rings. The van der Waals surface area contributed by atoms with Gasteiger partial charge in [-0.2, -0.15) is 0 Å². The molecule has 0 N–H and O–H groups in total. The fourth-order valence-electron chi connectivity index (χ4n) is 3.94. The zero-order chi connectivity index (χ0) is 19.3. The summed E-state index contributed by atoms with van der Waals surface area (Å²) in [4.78, 5) is 28.2. The Bertz CT molecular complexity index is 916. The number of aromatic nitrogens is 5. The molecule has 0 bridgehead atoms. The molecule has 0 aliphatic carbocycles. The van der Waals surface area contributed by atoms with Crippen LogP contribution in [-0.2, 0) is 24.3 Å². The van der Waals surface area contributed by atoms with Crippen molar-refractivity contribution in [2.24, 2.45) is 0 Å². The van der Waals surface area contributed by atoms with Gasteiger partial charge in [-0.15, -0.1) is 0 Å². The van der Waals surface area contributed by atoms with E-state index in [1.165, 1.54) is 0 Å². The number of likely N-dealkylation sites (tertiary alicyclic amines) is 1. The minimum atomic E-state index is 0.153. The molecule has 146 valence electrons. The summed E-state index contributed by atoms with van der Waals surface area (Å²) in [6.45, 7) is 4.65. The lowest BCUT2D eigenvalue weighted by atomic mass is 9.97. The van der Waals surface area contributed by atoms with Gasteiger partial charge in [0.2, 0.25) is 5.91 Å². The van der Waals surface area contributed by atoms with Crippen molar-refractivity contribution in [2.45, 2.75) is 45.2 Å². The smallest absolute Gasteiger partial charge is 0.242 e. The first-order chi connectivity index (χ1) is 13.7. The van der Waals surface area contributed by atoms with Gasteiger partial charge in [0.25, 0.3) is 0 Å². The highest BCUT2D eigenvalue weighted by molar-refractivity contribution is 5.76. The van der Waals surface area contributed by atoms with Crippen LogP contribution in [0.1, 0.15) is 43.0 Å². The summed E-state index contributed by atoms with van der Waals surface area (Å²) in [5.41, 5.74) is 1.01. The van der Waals surface area contributed by atoms with Crippen molar-refractivity contribution < 1.29 is 4.79 Å². The van der Waals surface area contributed by atoms with Crippen LogP contribution >= 0.6 is 0 Å². The van der Waals surface area contributed by atoms with Crippen molar-refractivity contribution >= 4 is 5.91 Å². The molecule has 1 aliphatic heterocycles. The number of hydrogen-bond donors (Lipinski definition) is 0. The number of aryl methyl sites for hydroxylation is 1. The highest BCUT2D eigenvalue weighted by atomic mass is 16.2. The van der Waals surface area contributed by atoms with Gasteiger partial charge in [-0.05, 0) is 25.0 Å². The molecular formula is C21H26N6O. The first-order valence-electron chi connectivity index (χ1n) is 9.93. The second kappa shape index (κ2) is 8.37. The number of rotatable bonds is 6. The molecule has 0 unspecified atom stereocenters. The van der Waals surface area contributed by atoms with E-state index >= 15 is 0 Å². The van der Waals surface area contributed by atoms with E-state index in [4.69, 9.17) is 0 Å². The molecule has 0 saturated carbocycles. The predicted octanol–water partition coefficient (Wildman–Crippen LogP) is 2.49. The summed E-state index contributed by atoms with van der Waals surface area (Å²) >= 11 is 0. The van der Waals surface area contributed by atoms with Crippen LogP contribution in [0.3, 0.4) is 0 Å². The summed E-state index contributed by atoms with van der Waals surface area (Å²) in [6.07, 6.45) is 12.2. The van der Waals surface area contributed by atoms with Crippen molar-refractivity contribution in [3.8, 4) is 0 Å². The second-order valence-electron chi connectivity index (χ2n) is 7.24. The molecular weight excluding hydrogens is 352 g/mol. The van der Waals surface area contributed by atoms with Crippen molar-refractivity contribution in [3.05, 3.63) is 66.5 Å². The molecule has 28 heavy (non-hydrogen) atoms. The lowest BCUT2D eigenvalue weighted by Crippen LogP contribution is -2.41. The zero-order valence-corrected chi connectivity index (χ0v) is 16.2. The van der Waals surface area contributed by atoms with Crippen LogP contribution in [0.25, 0.3) is 0 Å². The van der Waals surface area contributed by atoms with E-state index in [0.29, 0.717) is 19.6 Å². The molecule has 7 nitrogen and oxygen atoms in total. The van der Waals surface area contributed by atoms with Gasteiger partial charge in [0.05, 0.1) is 12.2 Å². The van der Waals surface area contributed by atoms with E-state index in [-0.39, 0.29) is 11.8 Å². The minimum Gasteiger partial charge on any atom is -0.340 e. The fraction of sp³-hybridized carbons (Fsp3) is 0.429. The number of amides is 1. The summed E-state index contributed by atoms with van der Waals surface area (Å²) in [7, 11) is 0. The van der Waals surface area contributed by atoms with E-state index in [2.05, 4.69) is 26.4 Å². The maximum Gasteiger partial charge on any atom is 0.242 e. The molecule has 7 heteroatoms. The minimum absolute atomic E-state index is 0.153. The van der Waals surface area contributed by atoms with Gasteiger partial charge in [-0.3, -0.25) is 9.78 Å². The number of hydrogen-bond acceptors (Lipinski definition) is 4. The highest BCUT2D eigenvalue weighted by Gasteiger charge is 2.27. The van der Waals surface area contributed by atoms with Crippen molar-refractivity contribution in [2.75, 3.05) is 13.1 Å². The van der Waals surface area contributed by atoms with Crippen LogP contribution in [0.15, 0.2) is 49.2 Å². The predicted molar refractivity (Wildman–Crippen MR) is 106 cm³/mol. The largest absolute Gasteiger partial charge is 0.340 e. The van der Waals surface area contributed by atoms with Crippen molar-refractivity contribution in [3.63, 3.8) is 0 Å². The van der Waals surface area contributed by atoms with Crippen LogP contribution in [0.2, 0.25) is 0 Å². The Hall–Kier alpha value is -2.96. The summed E-state index contributed by atoms with van der Waals surface area (Å²) in [5, 5.41) is 0. The Labute approximate surface area is 165 Å². The topological polar surface area (TPSA) is 68.8 Å². The van der Waals surface area contributed by atoms with Crippen molar-refractivity contribution in [1.82, 2.24) is 29.0 Å². The third-order valence-corrected chi connectivity index (χ3v) is 5.37. The molecule has 1 amide bonds. The maximum atomic E-state index is 12.9. The summed E-state index contributed by atoms with van der Waals surface area (Å²) in [6, 6.07) is 5.95. The van der Waals surface area contributed by atoms with Gasteiger partial charge in [0.15, 0.2) is 0 Å². The molecule has 1 fully saturated rings. The summed E-state index contributed by atoms with van der Waals surface area (Å²) < 4.78 is 4.11. The molecule has 1 atom stereocenters. The third kappa shape index (κ3) is 3.98. The standard InChI is InChI=1S/C21H26N6O/c1-2-19-23-9-12-25(19)16-20(28)26-11-5-6-17(14-26)21-24-10-13-27(21)15-18-7-3-4-8-22-18/h3-4,7-10,12-13,17H,2,5-6,11,14-16H2,1H3/t17-/m1/s1. The van der Waals surface area contributed by atoms with Crippen LogP contribution < -0.4 is 0 Å². The monoisotopic (exact) mass is 378 g/mol. The normalized spacial score (nSPS) is 17.0. The number of carbonyl (C=O) groups excluding carboxylic acids is 1. The van der Waals surface area contributed by atoms with Gasteiger partial charge in [-0.1, -0.05) is 13.0 Å². The second-order valence-corrected chi connectivity index (χ2v) is 7.24. The average Bonchev–Trinajstić information content (AvgIpc) is 3.38. The number of pyridine rings is 1. The molecule has 1 saturated heterocycles. The van der Waals surface area contributed by atoms with E-state index in [1.54, 1.807) is 6.20 Å². The van der Waals surface area contributed by atoms with E-state index in [0.717, 1.165) is 43.1 Å². The Morgan fingerprint density at radius 2 is 1.96 bits per heavy atom. The first kappa shape index (κ1) is 18.4. The molecule has 3 aromatic heterocycles. The molecule has 0 radical (unpaired) electrons. The number of nitrogens with zero attached hydrogens (tertiary/aromatic N) is 6. The van der Waals surface area contributed by atoms with Crippen LogP contribution in [0.5, 0.6) is 0 Å². The Morgan fingerprint density at radius 3 is 2.79 bits per heavy atom. The lowest BCUT2D eigenvalue weighted by Gasteiger charge is -2.33. The molecule has 1 aliphatic rings. The van der Waals surface area contributed by atoms with Crippen LogP contribution in [-0.4, -0.2) is 48.0 Å². The summed E-state index contributed by atoms with van der Waals surface area (Å²) in [5.74, 6) is 2.40. The Balaban J connectivity index is 1.44. The third-order valence-electron chi connectivity index (χ3n) is 5.37. The number of piperidine rings is 1. The maximum absolute atomic E-state index is 12.9. The van der Waals surface area contributed by atoms with Gasteiger partial charge in [0, 0.05) is 56.4 Å². The van der Waals surface area contributed by atoms with Gasteiger partial charge in [0.1, 0.15) is 18.2 Å². The van der Waals surface area contributed by atoms with E-state index < -0.39 is 0 Å². The van der Waals surface area contributed by atoms with E-state index in [9.17, 15) is 4.79 Å². The average molecular weight is 378 g/mol. The zero-order valence-electron chi connectivity index (χ0n) is 16.2. The molecule has 0 spiro atoms. The number of imidazole rings is 2. The van der Waals surface area contributed by atoms with Gasteiger partial charge >= 0.3 is 0 Å². The van der Waals surface area contributed by atoms with Gasteiger partial charge < -0.3 is 14.0 Å². The van der Waals surface area contributed by atoms with Crippen LogP contribution in [0, 0.1) is 0 Å².